The summed E-state index contributed by atoms with van der Waals surface area (Å²) < 4.78 is 0. The van der Waals surface area contributed by atoms with Crippen LogP contribution >= 0.6 is 0 Å². The summed E-state index contributed by atoms with van der Waals surface area (Å²) in [5.41, 5.74) is 1.35. The smallest absolute Gasteiger partial charge is 0.220 e. The van der Waals surface area contributed by atoms with Crippen molar-refractivity contribution >= 4 is 5.91 Å². The first-order valence-corrected chi connectivity index (χ1v) is 4.90. The summed E-state index contributed by atoms with van der Waals surface area (Å²) >= 11 is 0. The lowest BCUT2D eigenvalue weighted by molar-refractivity contribution is -0.121. The van der Waals surface area contributed by atoms with Crippen molar-refractivity contribution in [2.75, 3.05) is 7.05 Å². The molecule has 0 aliphatic heterocycles. The summed E-state index contributed by atoms with van der Waals surface area (Å²) in [5, 5.41) is 2.64. The van der Waals surface area contributed by atoms with E-state index in [1.54, 1.807) is 7.05 Å². The summed E-state index contributed by atoms with van der Waals surface area (Å²) in [4.78, 5) is 11.0. The molecule has 0 rings (SSSR count). The van der Waals surface area contributed by atoms with Gasteiger partial charge in [-0.05, 0) is 32.6 Å². The molecule has 0 saturated heterocycles. The van der Waals surface area contributed by atoms with Crippen LogP contribution in [0, 0.1) is 5.92 Å². The Kier molecular flexibility index (Phi) is 6.29. The minimum atomic E-state index is 0.143. The fourth-order valence-electron chi connectivity index (χ4n) is 1.18. The van der Waals surface area contributed by atoms with Gasteiger partial charge in [0, 0.05) is 13.5 Å². The van der Waals surface area contributed by atoms with Crippen molar-refractivity contribution in [3.05, 3.63) is 11.6 Å². The normalized spacial score (nSPS) is 12.0. The molecule has 76 valence electrons. The van der Waals surface area contributed by atoms with Crippen LogP contribution in [0.4, 0.5) is 0 Å². The van der Waals surface area contributed by atoms with Crippen molar-refractivity contribution < 1.29 is 4.79 Å². The largest absolute Gasteiger partial charge is 0.359 e. The van der Waals surface area contributed by atoms with Crippen LogP contribution in [0.3, 0.4) is 0 Å². The van der Waals surface area contributed by atoms with E-state index >= 15 is 0 Å². The first-order chi connectivity index (χ1) is 6.06. The van der Waals surface area contributed by atoms with E-state index in [9.17, 15) is 4.79 Å². The monoisotopic (exact) mass is 183 g/mol. The van der Waals surface area contributed by atoms with Crippen molar-refractivity contribution in [3.8, 4) is 0 Å². The Morgan fingerprint density at radius 1 is 1.46 bits per heavy atom. The Bertz CT molecular complexity index is 181. The van der Waals surface area contributed by atoms with Gasteiger partial charge >= 0.3 is 0 Å². The molecule has 0 aromatic heterocycles. The molecule has 0 spiro atoms. The Morgan fingerprint density at radius 2 is 2.08 bits per heavy atom. The molecule has 0 heterocycles. The molecule has 0 aliphatic carbocycles. The first-order valence-electron chi connectivity index (χ1n) is 4.90. The average Bonchev–Trinajstić information content (AvgIpc) is 2.03. The van der Waals surface area contributed by atoms with E-state index in [0.717, 1.165) is 12.8 Å². The number of hydrogen-bond acceptors (Lipinski definition) is 1. The van der Waals surface area contributed by atoms with E-state index in [1.807, 2.05) is 0 Å². The molecule has 0 aliphatic rings. The van der Waals surface area contributed by atoms with E-state index in [0.29, 0.717) is 12.3 Å². The standard InChI is InChI=1S/C11H21NO/c1-9(2)6-5-7-10(3)8-11(13)12-4/h6,10H,5,7-8H2,1-4H3,(H,12,13). The molecule has 13 heavy (non-hydrogen) atoms. The van der Waals surface area contributed by atoms with E-state index in [-0.39, 0.29) is 5.91 Å². The third-order valence-electron chi connectivity index (χ3n) is 2.02. The molecule has 0 saturated carbocycles. The number of allylic oxidation sites excluding steroid dienone is 2. The van der Waals surface area contributed by atoms with Gasteiger partial charge < -0.3 is 5.32 Å². The van der Waals surface area contributed by atoms with Crippen molar-refractivity contribution in [3.63, 3.8) is 0 Å². The lowest BCUT2D eigenvalue weighted by Crippen LogP contribution is -2.20. The Labute approximate surface area is 81.4 Å². The Hall–Kier alpha value is -0.790. The fourth-order valence-corrected chi connectivity index (χ4v) is 1.18. The summed E-state index contributed by atoms with van der Waals surface area (Å²) in [6.45, 7) is 6.32. The second-order valence-corrected chi connectivity index (χ2v) is 3.84. The van der Waals surface area contributed by atoms with Crippen LogP contribution in [0.5, 0.6) is 0 Å². The molecule has 2 nitrogen and oxygen atoms in total. The van der Waals surface area contributed by atoms with Crippen LogP contribution in [-0.4, -0.2) is 13.0 Å². The van der Waals surface area contributed by atoms with Gasteiger partial charge in [0.15, 0.2) is 0 Å². The highest BCUT2D eigenvalue weighted by Crippen LogP contribution is 2.11. The van der Waals surface area contributed by atoms with Crippen molar-refractivity contribution in [1.29, 1.82) is 0 Å². The number of carbonyl (C=O) groups excluding carboxylic acids is 1. The topological polar surface area (TPSA) is 29.1 Å². The van der Waals surface area contributed by atoms with Gasteiger partial charge in [0.25, 0.3) is 0 Å². The zero-order chi connectivity index (χ0) is 10.3. The molecule has 0 aromatic carbocycles. The molecule has 1 amide bonds. The van der Waals surface area contributed by atoms with E-state index in [4.69, 9.17) is 0 Å². The summed E-state index contributed by atoms with van der Waals surface area (Å²) in [7, 11) is 1.69. The fraction of sp³-hybridized carbons (Fsp3) is 0.727. The predicted octanol–water partition coefficient (Wildman–Crippen LogP) is 2.51. The molecule has 0 bridgehead atoms. The highest BCUT2D eigenvalue weighted by atomic mass is 16.1. The maximum atomic E-state index is 11.0. The number of amides is 1. The van der Waals surface area contributed by atoms with Gasteiger partial charge in [-0.2, -0.15) is 0 Å². The summed E-state index contributed by atoms with van der Waals surface area (Å²) in [6, 6.07) is 0. The number of rotatable bonds is 5. The predicted molar refractivity (Wildman–Crippen MR) is 56.5 cm³/mol. The maximum Gasteiger partial charge on any atom is 0.220 e. The highest BCUT2D eigenvalue weighted by molar-refractivity contribution is 5.75. The van der Waals surface area contributed by atoms with E-state index < -0.39 is 0 Å². The number of hydrogen-bond donors (Lipinski definition) is 1. The van der Waals surface area contributed by atoms with Crippen molar-refractivity contribution in [2.45, 2.75) is 40.0 Å². The molecule has 2 heteroatoms. The number of nitrogens with one attached hydrogen (secondary N) is 1. The second kappa shape index (κ2) is 6.70. The second-order valence-electron chi connectivity index (χ2n) is 3.84. The third-order valence-corrected chi connectivity index (χ3v) is 2.02. The van der Waals surface area contributed by atoms with Crippen LogP contribution < -0.4 is 5.32 Å². The number of carbonyl (C=O) groups is 1. The van der Waals surface area contributed by atoms with Crippen LogP contribution in [0.15, 0.2) is 11.6 Å². The lowest BCUT2D eigenvalue weighted by Gasteiger charge is -2.08. The van der Waals surface area contributed by atoms with Crippen LogP contribution in [-0.2, 0) is 4.79 Å². The molecular weight excluding hydrogens is 162 g/mol. The van der Waals surface area contributed by atoms with E-state index in [2.05, 4.69) is 32.2 Å². The van der Waals surface area contributed by atoms with Gasteiger partial charge in [-0.25, -0.2) is 0 Å². The quantitative estimate of drug-likeness (QED) is 0.652. The molecule has 1 atom stereocenters. The van der Waals surface area contributed by atoms with Gasteiger partial charge in [-0.15, -0.1) is 0 Å². The Balaban J connectivity index is 3.57. The summed E-state index contributed by atoms with van der Waals surface area (Å²) in [6.07, 6.45) is 5.05. The molecule has 0 fully saturated rings. The maximum absolute atomic E-state index is 11.0. The molecule has 1 unspecified atom stereocenters. The van der Waals surface area contributed by atoms with Gasteiger partial charge in [0.1, 0.15) is 0 Å². The van der Waals surface area contributed by atoms with Crippen LogP contribution in [0.1, 0.15) is 40.0 Å². The van der Waals surface area contributed by atoms with Gasteiger partial charge in [-0.3, -0.25) is 4.79 Å². The van der Waals surface area contributed by atoms with Gasteiger partial charge in [0.2, 0.25) is 5.91 Å². The molecule has 1 N–H and O–H groups in total. The van der Waals surface area contributed by atoms with Crippen LogP contribution in [0.25, 0.3) is 0 Å². The third kappa shape index (κ3) is 7.57. The SMILES string of the molecule is CNC(=O)CC(C)CCC=C(C)C. The summed E-state index contributed by atoms with van der Waals surface area (Å²) in [5.74, 6) is 0.625. The lowest BCUT2D eigenvalue weighted by atomic mass is 10.0. The molecular formula is C11H21NO. The Morgan fingerprint density at radius 3 is 2.54 bits per heavy atom. The highest BCUT2D eigenvalue weighted by Gasteiger charge is 2.05. The first kappa shape index (κ1) is 12.2. The minimum absolute atomic E-state index is 0.143. The van der Waals surface area contributed by atoms with Crippen LogP contribution in [0.2, 0.25) is 0 Å². The van der Waals surface area contributed by atoms with Crippen molar-refractivity contribution in [1.82, 2.24) is 5.32 Å². The van der Waals surface area contributed by atoms with Gasteiger partial charge in [-0.1, -0.05) is 18.6 Å². The zero-order valence-corrected chi connectivity index (χ0v) is 9.18. The average molecular weight is 183 g/mol. The van der Waals surface area contributed by atoms with Crippen molar-refractivity contribution in [2.24, 2.45) is 5.92 Å². The zero-order valence-electron chi connectivity index (χ0n) is 9.18. The molecule has 0 aromatic rings. The van der Waals surface area contributed by atoms with E-state index in [1.165, 1.54) is 5.57 Å². The minimum Gasteiger partial charge on any atom is -0.359 e. The van der Waals surface area contributed by atoms with Gasteiger partial charge in [0.05, 0.1) is 0 Å². The molecule has 0 radical (unpaired) electrons.